The SMILES string of the molecule is CNCCCc1cccc2c1C(C)CS2(=O)=O. The number of nitrogens with one attached hydrogen (secondary N) is 1. The molecule has 94 valence electrons. The van der Waals surface area contributed by atoms with Crippen molar-refractivity contribution in [3.05, 3.63) is 29.3 Å². The average molecular weight is 253 g/mol. The molecule has 0 fully saturated rings. The number of benzene rings is 1. The molecule has 0 aliphatic carbocycles. The zero-order valence-corrected chi connectivity index (χ0v) is 11.2. The van der Waals surface area contributed by atoms with E-state index in [-0.39, 0.29) is 11.7 Å². The van der Waals surface area contributed by atoms with Crippen LogP contribution in [0.3, 0.4) is 0 Å². The van der Waals surface area contributed by atoms with Gasteiger partial charge in [0.25, 0.3) is 0 Å². The monoisotopic (exact) mass is 253 g/mol. The number of fused-ring (bicyclic) bond motifs is 1. The summed E-state index contributed by atoms with van der Waals surface area (Å²) in [5, 5.41) is 3.11. The summed E-state index contributed by atoms with van der Waals surface area (Å²) in [5.74, 6) is 0.409. The quantitative estimate of drug-likeness (QED) is 0.831. The van der Waals surface area contributed by atoms with Crippen molar-refractivity contribution in [1.29, 1.82) is 0 Å². The van der Waals surface area contributed by atoms with Gasteiger partial charge in [0, 0.05) is 0 Å². The number of aryl methyl sites for hydroxylation is 1. The molecule has 1 unspecified atom stereocenters. The molecule has 1 aromatic carbocycles. The summed E-state index contributed by atoms with van der Waals surface area (Å²) < 4.78 is 23.9. The molecule has 0 radical (unpaired) electrons. The second-order valence-corrected chi connectivity index (χ2v) is 6.72. The third-order valence-electron chi connectivity index (χ3n) is 3.33. The molecule has 0 aromatic heterocycles. The predicted molar refractivity (Wildman–Crippen MR) is 69.2 cm³/mol. The van der Waals surface area contributed by atoms with Gasteiger partial charge in [0.2, 0.25) is 0 Å². The molecule has 4 heteroatoms. The molecule has 1 N–H and O–H groups in total. The van der Waals surface area contributed by atoms with Gasteiger partial charge in [-0.3, -0.25) is 0 Å². The molecule has 0 bridgehead atoms. The third-order valence-corrected chi connectivity index (χ3v) is 5.29. The van der Waals surface area contributed by atoms with Gasteiger partial charge in [-0.05, 0) is 49.5 Å². The minimum Gasteiger partial charge on any atom is -0.320 e. The summed E-state index contributed by atoms with van der Waals surface area (Å²) in [6.45, 7) is 2.97. The van der Waals surface area contributed by atoms with Crippen molar-refractivity contribution < 1.29 is 8.42 Å². The summed E-state index contributed by atoms with van der Waals surface area (Å²) in [6, 6.07) is 5.67. The summed E-state index contributed by atoms with van der Waals surface area (Å²) in [6.07, 6.45) is 1.99. The fourth-order valence-electron chi connectivity index (χ4n) is 2.60. The van der Waals surface area contributed by atoms with E-state index >= 15 is 0 Å². The lowest BCUT2D eigenvalue weighted by Crippen LogP contribution is -2.09. The van der Waals surface area contributed by atoms with Crippen LogP contribution in [0.4, 0.5) is 0 Å². The Hall–Kier alpha value is -0.870. The molecule has 0 saturated carbocycles. The van der Waals surface area contributed by atoms with Crippen LogP contribution in [0.15, 0.2) is 23.1 Å². The van der Waals surface area contributed by atoms with E-state index in [4.69, 9.17) is 0 Å². The fourth-order valence-corrected chi connectivity index (χ4v) is 4.55. The average Bonchev–Trinajstić information content (AvgIpc) is 2.51. The highest BCUT2D eigenvalue weighted by atomic mass is 32.2. The molecular weight excluding hydrogens is 234 g/mol. The molecule has 2 rings (SSSR count). The smallest absolute Gasteiger partial charge is 0.179 e. The zero-order chi connectivity index (χ0) is 12.5. The lowest BCUT2D eigenvalue weighted by molar-refractivity contribution is 0.598. The van der Waals surface area contributed by atoms with Crippen LogP contribution in [0.5, 0.6) is 0 Å². The van der Waals surface area contributed by atoms with E-state index in [0.29, 0.717) is 4.90 Å². The molecule has 0 amide bonds. The number of hydrogen-bond donors (Lipinski definition) is 1. The third kappa shape index (κ3) is 2.38. The van der Waals surface area contributed by atoms with Crippen LogP contribution < -0.4 is 5.32 Å². The van der Waals surface area contributed by atoms with E-state index < -0.39 is 9.84 Å². The Kier molecular flexibility index (Phi) is 3.54. The first kappa shape index (κ1) is 12.6. The minimum absolute atomic E-state index is 0.140. The predicted octanol–water partition coefficient (Wildman–Crippen LogP) is 1.73. The summed E-state index contributed by atoms with van der Waals surface area (Å²) in [7, 11) is -1.09. The lowest BCUT2D eigenvalue weighted by atomic mass is 9.94. The molecule has 3 nitrogen and oxygen atoms in total. The Labute approximate surface area is 103 Å². The Morgan fingerprint density at radius 1 is 1.41 bits per heavy atom. The maximum atomic E-state index is 11.9. The van der Waals surface area contributed by atoms with Crippen LogP contribution in [0.1, 0.15) is 30.4 Å². The van der Waals surface area contributed by atoms with Gasteiger partial charge in [0.05, 0.1) is 10.6 Å². The highest BCUT2D eigenvalue weighted by Crippen LogP contribution is 2.37. The highest BCUT2D eigenvalue weighted by Gasteiger charge is 2.33. The van der Waals surface area contributed by atoms with Crippen molar-refractivity contribution in [1.82, 2.24) is 5.32 Å². The van der Waals surface area contributed by atoms with Crippen LogP contribution in [-0.4, -0.2) is 27.8 Å². The Morgan fingerprint density at radius 2 is 2.18 bits per heavy atom. The van der Waals surface area contributed by atoms with Crippen LogP contribution in [0.25, 0.3) is 0 Å². The molecule has 1 aliphatic heterocycles. The molecular formula is C13H19NO2S. The van der Waals surface area contributed by atoms with Crippen molar-refractivity contribution in [3.8, 4) is 0 Å². The van der Waals surface area contributed by atoms with Gasteiger partial charge in [0.15, 0.2) is 9.84 Å². The van der Waals surface area contributed by atoms with E-state index in [2.05, 4.69) is 11.4 Å². The molecule has 1 heterocycles. The van der Waals surface area contributed by atoms with Crippen molar-refractivity contribution in [2.24, 2.45) is 0 Å². The van der Waals surface area contributed by atoms with E-state index in [9.17, 15) is 8.42 Å². The largest absolute Gasteiger partial charge is 0.320 e. The number of sulfone groups is 1. The fraction of sp³-hybridized carbons (Fsp3) is 0.538. The Bertz CT molecular complexity index is 508. The van der Waals surface area contributed by atoms with Gasteiger partial charge >= 0.3 is 0 Å². The van der Waals surface area contributed by atoms with Gasteiger partial charge in [-0.15, -0.1) is 0 Å². The first-order valence-corrected chi connectivity index (χ1v) is 7.70. The second kappa shape index (κ2) is 4.78. The van der Waals surface area contributed by atoms with Gasteiger partial charge in [-0.25, -0.2) is 8.42 Å². The molecule has 1 aliphatic rings. The zero-order valence-electron chi connectivity index (χ0n) is 10.4. The van der Waals surface area contributed by atoms with Gasteiger partial charge in [-0.2, -0.15) is 0 Å². The molecule has 0 saturated heterocycles. The van der Waals surface area contributed by atoms with Crippen LogP contribution in [0.2, 0.25) is 0 Å². The number of rotatable bonds is 4. The van der Waals surface area contributed by atoms with Crippen molar-refractivity contribution >= 4 is 9.84 Å². The van der Waals surface area contributed by atoms with Crippen LogP contribution in [-0.2, 0) is 16.3 Å². The molecule has 1 atom stereocenters. The molecule has 1 aromatic rings. The standard InChI is InChI=1S/C13H19NO2S/c1-10-9-17(15,16)12-7-3-5-11(13(10)12)6-4-8-14-2/h3,5,7,10,14H,4,6,8-9H2,1-2H3. The van der Waals surface area contributed by atoms with E-state index in [0.717, 1.165) is 24.9 Å². The van der Waals surface area contributed by atoms with E-state index in [1.807, 2.05) is 20.0 Å². The maximum absolute atomic E-state index is 11.9. The number of hydrogen-bond acceptors (Lipinski definition) is 3. The first-order valence-electron chi connectivity index (χ1n) is 6.05. The van der Waals surface area contributed by atoms with Crippen molar-refractivity contribution in [2.45, 2.75) is 30.6 Å². The summed E-state index contributed by atoms with van der Waals surface area (Å²) >= 11 is 0. The Balaban J connectivity index is 2.34. The highest BCUT2D eigenvalue weighted by molar-refractivity contribution is 7.91. The normalized spacial score (nSPS) is 21.4. The van der Waals surface area contributed by atoms with E-state index in [1.54, 1.807) is 6.07 Å². The minimum atomic E-state index is -3.02. The molecule has 0 spiro atoms. The maximum Gasteiger partial charge on any atom is 0.179 e. The Morgan fingerprint density at radius 3 is 2.88 bits per heavy atom. The van der Waals surface area contributed by atoms with Crippen LogP contribution in [0, 0.1) is 0 Å². The second-order valence-electron chi connectivity index (χ2n) is 4.72. The van der Waals surface area contributed by atoms with Gasteiger partial charge < -0.3 is 5.32 Å². The lowest BCUT2D eigenvalue weighted by Gasteiger charge is -2.10. The summed E-state index contributed by atoms with van der Waals surface area (Å²) in [5.41, 5.74) is 2.26. The first-order chi connectivity index (χ1) is 8.06. The van der Waals surface area contributed by atoms with E-state index in [1.165, 1.54) is 5.56 Å². The van der Waals surface area contributed by atoms with Crippen molar-refractivity contribution in [2.75, 3.05) is 19.3 Å². The molecule has 17 heavy (non-hydrogen) atoms. The van der Waals surface area contributed by atoms with Gasteiger partial charge in [-0.1, -0.05) is 19.1 Å². The summed E-state index contributed by atoms with van der Waals surface area (Å²) in [4.78, 5) is 0.562. The van der Waals surface area contributed by atoms with Crippen molar-refractivity contribution in [3.63, 3.8) is 0 Å². The van der Waals surface area contributed by atoms with Crippen LogP contribution >= 0.6 is 0 Å². The van der Waals surface area contributed by atoms with Gasteiger partial charge in [0.1, 0.15) is 0 Å². The topological polar surface area (TPSA) is 46.2 Å².